The summed E-state index contributed by atoms with van der Waals surface area (Å²) >= 11 is 5.81. The molecule has 1 saturated carbocycles. The Hall–Kier alpha value is -2.59. The molecule has 0 radical (unpaired) electrons. The topological polar surface area (TPSA) is 50.7 Å². The number of carbonyl (C=O) groups excluding carboxylic acids is 1. The number of nitrogens with one attached hydrogen (secondary N) is 1. The van der Waals surface area contributed by atoms with Crippen LogP contribution < -0.4 is 5.32 Å². The number of nitrogens with zero attached hydrogens (tertiary/aromatic N) is 1. The first-order valence-corrected chi connectivity index (χ1v) is 8.15. The van der Waals surface area contributed by atoms with Gasteiger partial charge in [-0.05, 0) is 60.7 Å². The van der Waals surface area contributed by atoms with Crippen LogP contribution >= 0.6 is 11.6 Å². The maximum absolute atomic E-state index is 11.8. The standard InChI is InChI=1S/C19H17ClN2O2/c20-16-9-11-17(12-10-16)21-19(23)24-22-18-8-4-7-15(18)13-14-5-2-1-3-6-14/h1-3,5-6,9-13H,4,7-8H2,(H,21,23). The first kappa shape index (κ1) is 16.3. The fourth-order valence-corrected chi connectivity index (χ4v) is 2.66. The van der Waals surface area contributed by atoms with Crippen molar-refractivity contribution in [3.63, 3.8) is 0 Å². The predicted molar refractivity (Wildman–Crippen MR) is 97.3 cm³/mol. The Morgan fingerprint density at radius 3 is 2.58 bits per heavy atom. The molecule has 0 atom stereocenters. The molecule has 5 heteroatoms. The summed E-state index contributed by atoms with van der Waals surface area (Å²) in [5, 5.41) is 7.24. The average Bonchev–Trinajstić information content (AvgIpc) is 3.03. The summed E-state index contributed by atoms with van der Waals surface area (Å²) in [6.45, 7) is 0. The Labute approximate surface area is 145 Å². The van der Waals surface area contributed by atoms with Gasteiger partial charge in [-0.3, -0.25) is 10.2 Å². The van der Waals surface area contributed by atoms with E-state index in [9.17, 15) is 4.79 Å². The van der Waals surface area contributed by atoms with Crippen LogP contribution in [0.5, 0.6) is 0 Å². The van der Waals surface area contributed by atoms with Gasteiger partial charge in [0, 0.05) is 10.7 Å². The molecule has 2 aromatic carbocycles. The Kier molecular flexibility index (Phi) is 5.29. The fourth-order valence-electron chi connectivity index (χ4n) is 2.53. The van der Waals surface area contributed by atoms with E-state index in [1.54, 1.807) is 24.3 Å². The molecule has 4 nitrogen and oxygen atoms in total. The molecule has 0 unspecified atom stereocenters. The number of hydrogen-bond acceptors (Lipinski definition) is 3. The van der Waals surface area contributed by atoms with Gasteiger partial charge in [0.2, 0.25) is 0 Å². The number of rotatable bonds is 3. The third-order valence-electron chi connectivity index (χ3n) is 3.70. The molecule has 1 amide bonds. The number of oxime groups is 1. The summed E-state index contributed by atoms with van der Waals surface area (Å²) in [6.07, 6.45) is 4.24. The zero-order chi connectivity index (χ0) is 16.8. The molecule has 3 rings (SSSR count). The summed E-state index contributed by atoms with van der Waals surface area (Å²) in [4.78, 5) is 16.8. The summed E-state index contributed by atoms with van der Waals surface area (Å²) in [7, 11) is 0. The van der Waals surface area contributed by atoms with Gasteiger partial charge in [-0.15, -0.1) is 0 Å². The number of hydrogen-bond donors (Lipinski definition) is 1. The van der Waals surface area contributed by atoms with Gasteiger partial charge in [-0.1, -0.05) is 47.1 Å². The normalized spacial score (nSPS) is 17.2. The lowest BCUT2D eigenvalue weighted by Crippen LogP contribution is -2.11. The molecule has 24 heavy (non-hydrogen) atoms. The van der Waals surface area contributed by atoms with Gasteiger partial charge in [0.25, 0.3) is 0 Å². The lowest BCUT2D eigenvalue weighted by Gasteiger charge is -2.04. The third kappa shape index (κ3) is 4.46. The molecule has 1 aliphatic carbocycles. The quantitative estimate of drug-likeness (QED) is 0.591. The second kappa shape index (κ2) is 7.79. The Morgan fingerprint density at radius 1 is 1.08 bits per heavy atom. The molecule has 1 N–H and O–H groups in total. The highest BCUT2D eigenvalue weighted by atomic mass is 35.5. The number of allylic oxidation sites excluding steroid dienone is 1. The van der Waals surface area contributed by atoms with Crippen LogP contribution in [0.3, 0.4) is 0 Å². The monoisotopic (exact) mass is 340 g/mol. The Morgan fingerprint density at radius 2 is 1.83 bits per heavy atom. The van der Waals surface area contributed by atoms with E-state index in [2.05, 4.69) is 16.5 Å². The van der Waals surface area contributed by atoms with Crippen LogP contribution in [0.2, 0.25) is 5.02 Å². The lowest BCUT2D eigenvalue weighted by atomic mass is 10.1. The smallest absolute Gasteiger partial charge is 0.298 e. The first-order chi connectivity index (χ1) is 11.7. The minimum absolute atomic E-state index is 0.607. The van der Waals surface area contributed by atoms with Gasteiger partial charge in [0.05, 0.1) is 5.71 Å². The van der Waals surface area contributed by atoms with Crippen LogP contribution in [0, 0.1) is 0 Å². The van der Waals surface area contributed by atoms with Gasteiger partial charge in [-0.2, -0.15) is 0 Å². The predicted octanol–water partition coefficient (Wildman–Crippen LogP) is 5.51. The molecule has 0 heterocycles. The van der Waals surface area contributed by atoms with Crippen LogP contribution in [0.1, 0.15) is 24.8 Å². The van der Waals surface area contributed by atoms with E-state index in [1.807, 2.05) is 30.3 Å². The zero-order valence-electron chi connectivity index (χ0n) is 13.0. The molecular formula is C19H17ClN2O2. The second-order valence-corrected chi connectivity index (χ2v) is 5.92. The van der Waals surface area contributed by atoms with Gasteiger partial charge >= 0.3 is 6.09 Å². The van der Waals surface area contributed by atoms with E-state index in [-0.39, 0.29) is 0 Å². The van der Waals surface area contributed by atoms with Crippen molar-refractivity contribution in [1.82, 2.24) is 0 Å². The van der Waals surface area contributed by atoms with Crippen LogP contribution in [0.15, 0.2) is 65.3 Å². The molecule has 1 aliphatic rings. The van der Waals surface area contributed by atoms with Gasteiger partial charge in [0.15, 0.2) is 0 Å². The minimum atomic E-state index is -0.615. The van der Waals surface area contributed by atoms with Crippen molar-refractivity contribution in [3.8, 4) is 0 Å². The van der Waals surface area contributed by atoms with Gasteiger partial charge in [-0.25, -0.2) is 4.79 Å². The highest BCUT2D eigenvalue weighted by molar-refractivity contribution is 6.30. The van der Waals surface area contributed by atoms with Gasteiger partial charge in [0.1, 0.15) is 0 Å². The summed E-state index contributed by atoms with van der Waals surface area (Å²) in [5.74, 6) is 0. The largest absolute Gasteiger partial charge is 0.437 e. The molecule has 1 fully saturated rings. The number of amides is 1. The highest BCUT2D eigenvalue weighted by Gasteiger charge is 2.17. The zero-order valence-corrected chi connectivity index (χ0v) is 13.8. The summed E-state index contributed by atoms with van der Waals surface area (Å²) in [6, 6.07) is 16.8. The van der Waals surface area contributed by atoms with Crippen LogP contribution in [0.25, 0.3) is 6.08 Å². The van der Waals surface area contributed by atoms with Crippen LogP contribution in [0.4, 0.5) is 10.5 Å². The molecule has 0 aromatic heterocycles. The second-order valence-electron chi connectivity index (χ2n) is 5.48. The van der Waals surface area contributed by atoms with E-state index < -0.39 is 6.09 Å². The molecule has 0 spiro atoms. The number of anilines is 1. The Bertz CT molecular complexity index is 768. The molecular weight excluding hydrogens is 324 g/mol. The van der Waals surface area contributed by atoms with Crippen LogP contribution in [-0.2, 0) is 4.84 Å². The number of benzene rings is 2. The molecule has 122 valence electrons. The van der Waals surface area contributed by atoms with Gasteiger partial charge < -0.3 is 0 Å². The van der Waals surface area contributed by atoms with E-state index in [1.165, 1.54) is 0 Å². The van der Waals surface area contributed by atoms with E-state index in [0.717, 1.165) is 36.1 Å². The fraction of sp³-hybridized carbons (Fsp3) is 0.158. The van der Waals surface area contributed by atoms with E-state index >= 15 is 0 Å². The van der Waals surface area contributed by atoms with Crippen molar-refractivity contribution < 1.29 is 9.63 Å². The van der Waals surface area contributed by atoms with Crippen molar-refractivity contribution in [2.24, 2.45) is 5.16 Å². The average molecular weight is 341 g/mol. The third-order valence-corrected chi connectivity index (χ3v) is 3.95. The maximum atomic E-state index is 11.8. The summed E-state index contributed by atoms with van der Waals surface area (Å²) < 4.78 is 0. The van der Waals surface area contributed by atoms with Crippen molar-refractivity contribution in [1.29, 1.82) is 0 Å². The van der Waals surface area contributed by atoms with Crippen molar-refractivity contribution >= 4 is 35.2 Å². The van der Waals surface area contributed by atoms with Crippen LogP contribution in [-0.4, -0.2) is 11.8 Å². The molecule has 0 saturated heterocycles. The number of halogens is 1. The van der Waals surface area contributed by atoms with Crippen molar-refractivity contribution in [2.75, 3.05) is 5.32 Å². The molecule has 0 aliphatic heterocycles. The highest BCUT2D eigenvalue weighted by Crippen LogP contribution is 2.24. The molecule has 2 aromatic rings. The van der Waals surface area contributed by atoms with E-state index in [4.69, 9.17) is 16.4 Å². The lowest BCUT2D eigenvalue weighted by molar-refractivity contribution is 0.166. The SMILES string of the molecule is O=C(Nc1ccc(Cl)cc1)ON=C1CCCC1=Cc1ccccc1. The van der Waals surface area contributed by atoms with Crippen molar-refractivity contribution in [2.45, 2.75) is 19.3 Å². The Balaban J connectivity index is 1.63. The van der Waals surface area contributed by atoms with E-state index in [0.29, 0.717) is 10.7 Å². The summed E-state index contributed by atoms with van der Waals surface area (Å²) in [5.41, 5.74) is 3.66. The minimum Gasteiger partial charge on any atom is -0.298 e. The first-order valence-electron chi connectivity index (χ1n) is 7.77. The molecule has 0 bridgehead atoms. The number of carbonyl (C=O) groups is 1. The van der Waals surface area contributed by atoms with Crippen molar-refractivity contribution in [3.05, 3.63) is 70.8 Å². The maximum Gasteiger partial charge on any atom is 0.437 e.